The van der Waals surface area contributed by atoms with Crippen molar-refractivity contribution in [2.45, 2.75) is 6.18 Å². The van der Waals surface area contributed by atoms with Crippen LogP contribution in [0.15, 0.2) is 18.3 Å². The van der Waals surface area contributed by atoms with E-state index in [-0.39, 0.29) is 5.88 Å². The number of pyridine rings is 1. The predicted molar refractivity (Wildman–Crippen MR) is 41.1 cm³/mol. The summed E-state index contributed by atoms with van der Waals surface area (Å²) < 4.78 is 40.3. The molecule has 0 saturated carbocycles. The fourth-order valence-corrected chi connectivity index (χ4v) is 0.770. The lowest BCUT2D eigenvalue weighted by Gasteiger charge is -2.05. The molecular weight excluding hydrogens is 223 g/mol. The molecule has 0 unspecified atom stereocenters. The van der Waals surface area contributed by atoms with Gasteiger partial charge in [0, 0.05) is 23.9 Å². The molecule has 0 fully saturated rings. The van der Waals surface area contributed by atoms with Crippen molar-refractivity contribution in [3.63, 3.8) is 0 Å². The number of rotatable bonds is 1. The van der Waals surface area contributed by atoms with Gasteiger partial charge in [-0.15, -0.1) is 0 Å². The van der Waals surface area contributed by atoms with Gasteiger partial charge in [0.1, 0.15) is 0 Å². The van der Waals surface area contributed by atoms with E-state index in [0.717, 1.165) is 12.1 Å². The van der Waals surface area contributed by atoms with Crippen LogP contribution in [0.5, 0.6) is 5.88 Å². The summed E-state index contributed by atoms with van der Waals surface area (Å²) in [5, 5.41) is 0. The van der Waals surface area contributed by atoms with Crippen molar-refractivity contribution in [2.24, 2.45) is 0 Å². The fraction of sp³-hybridized carbons (Fsp3) is 0.143. The van der Waals surface area contributed by atoms with Crippen molar-refractivity contribution in [3.8, 4) is 5.88 Å². The predicted octanol–water partition coefficient (Wildman–Crippen LogP) is 2.84. The van der Waals surface area contributed by atoms with Crippen LogP contribution in [-0.4, -0.2) is 10.4 Å². The zero-order valence-corrected chi connectivity index (χ0v) is 7.26. The molecule has 0 aromatic carbocycles. The Labute approximate surface area is 81.5 Å². The SMILES string of the molecule is O=C(Cl)Oc1ccc(C(F)(F)F)cn1. The summed E-state index contributed by atoms with van der Waals surface area (Å²) in [4.78, 5) is 13.4. The first kappa shape index (κ1) is 10.8. The van der Waals surface area contributed by atoms with E-state index in [1.165, 1.54) is 0 Å². The van der Waals surface area contributed by atoms with E-state index in [2.05, 4.69) is 9.72 Å². The van der Waals surface area contributed by atoms with Crippen LogP contribution in [-0.2, 0) is 6.18 Å². The molecule has 76 valence electrons. The Balaban J connectivity index is 2.84. The molecule has 0 bridgehead atoms. The number of aromatic nitrogens is 1. The molecule has 0 aliphatic carbocycles. The average molecular weight is 226 g/mol. The maximum absolute atomic E-state index is 12.0. The summed E-state index contributed by atoms with van der Waals surface area (Å²) in [7, 11) is 0. The Morgan fingerprint density at radius 2 is 2.07 bits per heavy atom. The molecule has 0 atom stereocenters. The molecule has 0 spiro atoms. The van der Waals surface area contributed by atoms with Gasteiger partial charge in [0.25, 0.3) is 0 Å². The second-order valence-electron chi connectivity index (χ2n) is 2.22. The van der Waals surface area contributed by atoms with E-state index in [4.69, 9.17) is 11.6 Å². The van der Waals surface area contributed by atoms with Crippen LogP contribution in [0.3, 0.4) is 0 Å². The number of ether oxygens (including phenoxy) is 1. The van der Waals surface area contributed by atoms with Crippen molar-refractivity contribution in [2.75, 3.05) is 0 Å². The maximum Gasteiger partial charge on any atom is 0.417 e. The van der Waals surface area contributed by atoms with Crippen LogP contribution in [0.1, 0.15) is 5.56 Å². The van der Waals surface area contributed by atoms with Crippen LogP contribution in [0.25, 0.3) is 0 Å². The summed E-state index contributed by atoms with van der Waals surface area (Å²) in [6.45, 7) is 0. The number of hydrogen-bond acceptors (Lipinski definition) is 3. The third-order valence-corrected chi connectivity index (χ3v) is 1.33. The lowest BCUT2D eigenvalue weighted by Crippen LogP contribution is -2.06. The van der Waals surface area contributed by atoms with Gasteiger partial charge in [-0.3, -0.25) is 0 Å². The van der Waals surface area contributed by atoms with Crippen molar-refractivity contribution in [1.29, 1.82) is 0 Å². The standard InChI is InChI=1S/C7H3ClF3NO2/c8-6(13)14-5-2-1-4(3-12-5)7(9,10)11/h1-3H. The maximum atomic E-state index is 12.0. The van der Waals surface area contributed by atoms with Gasteiger partial charge in [0.2, 0.25) is 5.88 Å². The summed E-state index contributed by atoms with van der Waals surface area (Å²) in [5.74, 6) is -0.280. The number of nitrogens with zero attached hydrogens (tertiary/aromatic N) is 1. The largest absolute Gasteiger partial charge is 0.417 e. The quantitative estimate of drug-likeness (QED) is 0.690. The van der Waals surface area contributed by atoms with Gasteiger partial charge >= 0.3 is 11.6 Å². The monoisotopic (exact) mass is 225 g/mol. The lowest BCUT2D eigenvalue weighted by atomic mass is 10.3. The molecule has 0 saturated heterocycles. The molecule has 1 aromatic rings. The van der Waals surface area contributed by atoms with Crippen LogP contribution >= 0.6 is 11.6 Å². The Kier molecular flexibility index (Phi) is 2.95. The molecule has 0 N–H and O–H groups in total. The van der Waals surface area contributed by atoms with Crippen LogP contribution in [0.2, 0.25) is 0 Å². The Morgan fingerprint density at radius 3 is 2.43 bits per heavy atom. The number of halogens is 4. The van der Waals surface area contributed by atoms with Crippen LogP contribution in [0.4, 0.5) is 18.0 Å². The molecule has 1 heterocycles. The third kappa shape index (κ3) is 2.88. The molecule has 0 aliphatic heterocycles. The Bertz CT molecular complexity index is 336. The lowest BCUT2D eigenvalue weighted by molar-refractivity contribution is -0.137. The number of carbonyl (C=O) groups is 1. The van der Waals surface area contributed by atoms with Crippen molar-refractivity contribution in [3.05, 3.63) is 23.9 Å². The van der Waals surface area contributed by atoms with Crippen LogP contribution < -0.4 is 4.74 Å². The topological polar surface area (TPSA) is 39.2 Å². The first-order valence-corrected chi connectivity index (χ1v) is 3.68. The average Bonchev–Trinajstić information content (AvgIpc) is 2.02. The summed E-state index contributed by atoms with van der Waals surface area (Å²) in [6.07, 6.45) is -3.91. The van der Waals surface area contributed by atoms with E-state index in [0.29, 0.717) is 6.20 Å². The van der Waals surface area contributed by atoms with E-state index in [9.17, 15) is 18.0 Å². The van der Waals surface area contributed by atoms with E-state index >= 15 is 0 Å². The highest BCUT2D eigenvalue weighted by atomic mass is 35.5. The minimum Gasteiger partial charge on any atom is -0.395 e. The number of alkyl halides is 3. The second kappa shape index (κ2) is 3.83. The van der Waals surface area contributed by atoms with Crippen molar-refractivity contribution >= 4 is 17.0 Å². The highest BCUT2D eigenvalue weighted by Crippen LogP contribution is 2.29. The molecule has 0 amide bonds. The molecule has 7 heteroatoms. The Morgan fingerprint density at radius 1 is 1.43 bits per heavy atom. The van der Waals surface area contributed by atoms with Gasteiger partial charge in [0.05, 0.1) is 5.56 Å². The smallest absolute Gasteiger partial charge is 0.395 e. The highest BCUT2D eigenvalue weighted by molar-refractivity contribution is 6.61. The van der Waals surface area contributed by atoms with E-state index in [1.54, 1.807) is 0 Å². The number of hydrogen-bond donors (Lipinski definition) is 0. The zero-order chi connectivity index (χ0) is 10.8. The third-order valence-electron chi connectivity index (χ3n) is 1.25. The van der Waals surface area contributed by atoms with E-state index in [1.807, 2.05) is 0 Å². The Hall–Kier alpha value is -1.30. The molecule has 1 rings (SSSR count). The summed E-state index contributed by atoms with van der Waals surface area (Å²) >= 11 is 4.82. The van der Waals surface area contributed by atoms with Gasteiger partial charge in [-0.2, -0.15) is 13.2 Å². The van der Waals surface area contributed by atoms with Crippen molar-refractivity contribution < 1.29 is 22.7 Å². The highest BCUT2D eigenvalue weighted by Gasteiger charge is 2.30. The molecule has 3 nitrogen and oxygen atoms in total. The van der Waals surface area contributed by atoms with Crippen LogP contribution in [0, 0.1) is 0 Å². The summed E-state index contributed by atoms with van der Waals surface area (Å²) in [6, 6.07) is 1.64. The minimum atomic E-state index is -4.46. The van der Waals surface area contributed by atoms with Crippen molar-refractivity contribution in [1.82, 2.24) is 4.98 Å². The molecule has 0 radical (unpaired) electrons. The number of carbonyl (C=O) groups excluding carboxylic acids is 1. The van der Waals surface area contributed by atoms with Gasteiger partial charge in [-0.05, 0) is 6.07 Å². The molecule has 0 aliphatic rings. The first-order chi connectivity index (χ1) is 6.39. The first-order valence-electron chi connectivity index (χ1n) is 3.30. The zero-order valence-electron chi connectivity index (χ0n) is 6.51. The van der Waals surface area contributed by atoms with E-state index < -0.39 is 17.2 Å². The second-order valence-corrected chi connectivity index (χ2v) is 2.53. The summed E-state index contributed by atoms with van der Waals surface area (Å²) in [5.41, 5.74) is -2.08. The molecule has 14 heavy (non-hydrogen) atoms. The van der Waals surface area contributed by atoms with Gasteiger partial charge in [-0.25, -0.2) is 9.78 Å². The van der Waals surface area contributed by atoms with Gasteiger partial charge in [-0.1, -0.05) is 0 Å². The normalized spacial score (nSPS) is 11.1. The molecular formula is C7H3ClF3NO2. The fourth-order valence-electron chi connectivity index (χ4n) is 0.691. The van der Waals surface area contributed by atoms with Gasteiger partial charge < -0.3 is 4.74 Å². The molecule has 1 aromatic heterocycles. The minimum absolute atomic E-state index is 0.280. The van der Waals surface area contributed by atoms with Gasteiger partial charge in [0.15, 0.2) is 0 Å².